The third kappa shape index (κ3) is 2.52. The first-order valence-corrected chi connectivity index (χ1v) is 6.30. The number of para-hydroxylation sites is 1. The smallest absolute Gasteiger partial charge is 0.372 e. The van der Waals surface area contributed by atoms with Crippen molar-refractivity contribution in [3.05, 3.63) is 36.2 Å². The number of hydrogen-bond donors (Lipinski definition) is 3. The lowest BCUT2D eigenvalue weighted by Gasteiger charge is -2.13. The maximum atomic E-state index is 12.8. The Bertz CT molecular complexity index is 811. The number of aromatic nitrogens is 4. The van der Waals surface area contributed by atoms with E-state index in [4.69, 9.17) is 0 Å². The average Bonchev–Trinajstić information content (AvgIpc) is 2.95. The molecule has 3 rings (SSSR count). The fourth-order valence-electron chi connectivity index (χ4n) is 2.03. The molecule has 0 atom stereocenters. The minimum absolute atomic E-state index is 0.0550. The highest BCUT2D eigenvalue weighted by Gasteiger charge is 2.35. The van der Waals surface area contributed by atoms with Crippen molar-refractivity contribution in [3.8, 4) is 0 Å². The highest BCUT2D eigenvalue weighted by Crippen LogP contribution is 2.34. The number of halogens is 3. The molecule has 0 aliphatic carbocycles. The van der Waals surface area contributed by atoms with Crippen molar-refractivity contribution in [2.24, 2.45) is 0 Å². The lowest BCUT2D eigenvalue weighted by Crippen LogP contribution is -2.12. The fraction of sp³-hybridized carbons (Fsp3) is 0.154. The van der Waals surface area contributed by atoms with Gasteiger partial charge in [-0.1, -0.05) is 12.1 Å². The van der Waals surface area contributed by atoms with E-state index in [1.807, 2.05) is 6.07 Å². The van der Waals surface area contributed by atoms with Crippen LogP contribution in [-0.4, -0.2) is 27.2 Å². The molecule has 0 radical (unpaired) electrons. The molecular weight excluding hydrogens is 297 g/mol. The van der Waals surface area contributed by atoms with Gasteiger partial charge in [0.25, 0.3) is 0 Å². The second-order valence-electron chi connectivity index (χ2n) is 4.47. The van der Waals surface area contributed by atoms with Gasteiger partial charge in [0.05, 0.1) is 17.4 Å². The Morgan fingerprint density at radius 2 is 2.00 bits per heavy atom. The Kier molecular flexibility index (Phi) is 3.32. The zero-order valence-corrected chi connectivity index (χ0v) is 11.4. The van der Waals surface area contributed by atoms with Crippen molar-refractivity contribution in [2.75, 3.05) is 17.7 Å². The quantitative estimate of drug-likeness (QED) is 0.693. The van der Waals surface area contributed by atoms with Gasteiger partial charge in [-0.05, 0) is 6.07 Å². The molecule has 0 spiro atoms. The summed E-state index contributed by atoms with van der Waals surface area (Å²) >= 11 is 0. The number of benzene rings is 1. The predicted octanol–water partition coefficient (Wildman–Crippen LogP) is 3.16. The summed E-state index contributed by atoms with van der Waals surface area (Å²) in [5.74, 6) is -0.235. The maximum Gasteiger partial charge on any atom is 0.421 e. The van der Waals surface area contributed by atoms with Gasteiger partial charge in [0.1, 0.15) is 11.4 Å². The first-order valence-electron chi connectivity index (χ1n) is 6.30. The third-order valence-corrected chi connectivity index (χ3v) is 3.05. The average molecular weight is 308 g/mol. The van der Waals surface area contributed by atoms with Crippen molar-refractivity contribution in [3.63, 3.8) is 0 Å². The standard InChI is InChI=1S/C13H11F3N6/c1-17-11-8(13(14,15)16)6-18-12(21-11)20-9-4-2-3-7-5-19-22-10(7)9/h2-6H,1H3,(H,19,22)(H2,17,18,20,21). The van der Waals surface area contributed by atoms with E-state index in [-0.39, 0.29) is 11.8 Å². The van der Waals surface area contributed by atoms with Crippen molar-refractivity contribution in [1.82, 2.24) is 20.2 Å². The highest BCUT2D eigenvalue weighted by molar-refractivity contribution is 5.91. The SMILES string of the molecule is CNc1nc(Nc2cccc3cn[nH]c23)ncc1C(F)(F)F. The second-order valence-corrected chi connectivity index (χ2v) is 4.47. The molecule has 0 aliphatic heterocycles. The summed E-state index contributed by atoms with van der Waals surface area (Å²) in [4.78, 5) is 7.58. The Morgan fingerprint density at radius 3 is 2.73 bits per heavy atom. The van der Waals surface area contributed by atoms with E-state index >= 15 is 0 Å². The molecular formula is C13H11F3N6. The summed E-state index contributed by atoms with van der Waals surface area (Å²) in [6, 6.07) is 5.40. The molecule has 1 aromatic carbocycles. The molecule has 2 aromatic heterocycles. The van der Waals surface area contributed by atoms with E-state index < -0.39 is 11.7 Å². The van der Waals surface area contributed by atoms with Crippen LogP contribution in [0.5, 0.6) is 0 Å². The zero-order valence-electron chi connectivity index (χ0n) is 11.4. The molecule has 9 heteroatoms. The lowest BCUT2D eigenvalue weighted by atomic mass is 10.2. The zero-order chi connectivity index (χ0) is 15.7. The number of anilines is 3. The van der Waals surface area contributed by atoms with E-state index in [9.17, 15) is 13.2 Å². The Balaban J connectivity index is 1.98. The highest BCUT2D eigenvalue weighted by atomic mass is 19.4. The van der Waals surface area contributed by atoms with Crippen LogP contribution in [0.2, 0.25) is 0 Å². The van der Waals surface area contributed by atoms with Gasteiger partial charge < -0.3 is 10.6 Å². The van der Waals surface area contributed by atoms with Gasteiger partial charge >= 0.3 is 6.18 Å². The van der Waals surface area contributed by atoms with Crippen molar-refractivity contribution < 1.29 is 13.2 Å². The van der Waals surface area contributed by atoms with E-state index in [0.29, 0.717) is 5.69 Å². The maximum absolute atomic E-state index is 12.8. The molecule has 0 aliphatic rings. The van der Waals surface area contributed by atoms with Gasteiger partial charge in [-0.3, -0.25) is 5.10 Å². The summed E-state index contributed by atoms with van der Waals surface area (Å²) in [6.45, 7) is 0. The molecule has 0 bridgehead atoms. The Hall–Kier alpha value is -2.84. The molecule has 3 aromatic rings. The number of alkyl halides is 3. The van der Waals surface area contributed by atoms with Gasteiger partial charge in [-0.2, -0.15) is 23.3 Å². The minimum atomic E-state index is -4.51. The van der Waals surface area contributed by atoms with Crippen molar-refractivity contribution in [2.45, 2.75) is 6.18 Å². The van der Waals surface area contributed by atoms with Crippen LogP contribution in [0.3, 0.4) is 0 Å². The van der Waals surface area contributed by atoms with Gasteiger partial charge in [-0.25, -0.2) is 4.98 Å². The molecule has 0 saturated heterocycles. The van der Waals surface area contributed by atoms with Crippen LogP contribution in [0.15, 0.2) is 30.6 Å². The number of H-pyrrole nitrogens is 1. The first kappa shape index (κ1) is 14.1. The van der Waals surface area contributed by atoms with E-state index in [1.54, 1.807) is 18.3 Å². The Labute approximate surface area is 122 Å². The van der Waals surface area contributed by atoms with Gasteiger partial charge in [0.15, 0.2) is 0 Å². The normalized spacial score (nSPS) is 11.6. The molecule has 22 heavy (non-hydrogen) atoms. The largest absolute Gasteiger partial charge is 0.421 e. The van der Waals surface area contributed by atoms with E-state index in [1.165, 1.54) is 7.05 Å². The van der Waals surface area contributed by atoms with Crippen LogP contribution in [0.25, 0.3) is 10.9 Å². The van der Waals surface area contributed by atoms with Gasteiger partial charge in [0.2, 0.25) is 5.95 Å². The molecule has 0 saturated carbocycles. The molecule has 2 heterocycles. The summed E-state index contributed by atoms with van der Waals surface area (Å²) < 4.78 is 38.4. The Morgan fingerprint density at radius 1 is 1.18 bits per heavy atom. The minimum Gasteiger partial charge on any atom is -0.372 e. The number of fused-ring (bicyclic) bond motifs is 1. The number of aromatic amines is 1. The second kappa shape index (κ2) is 5.17. The number of hydrogen-bond acceptors (Lipinski definition) is 5. The van der Waals surface area contributed by atoms with Gasteiger partial charge in [-0.15, -0.1) is 0 Å². The topological polar surface area (TPSA) is 78.5 Å². The van der Waals surface area contributed by atoms with Crippen LogP contribution < -0.4 is 10.6 Å². The third-order valence-electron chi connectivity index (χ3n) is 3.05. The van der Waals surface area contributed by atoms with E-state index in [2.05, 4.69) is 30.8 Å². The molecule has 114 valence electrons. The summed E-state index contributed by atoms with van der Waals surface area (Å²) in [7, 11) is 1.37. The van der Waals surface area contributed by atoms with Gasteiger partial charge in [0, 0.05) is 18.6 Å². The number of rotatable bonds is 3. The van der Waals surface area contributed by atoms with Crippen LogP contribution >= 0.6 is 0 Å². The van der Waals surface area contributed by atoms with Crippen LogP contribution in [0.1, 0.15) is 5.56 Å². The first-order chi connectivity index (χ1) is 10.5. The summed E-state index contributed by atoms with van der Waals surface area (Å²) in [5, 5.41) is 12.9. The van der Waals surface area contributed by atoms with Crippen LogP contribution in [0, 0.1) is 0 Å². The van der Waals surface area contributed by atoms with Crippen molar-refractivity contribution >= 4 is 28.4 Å². The van der Waals surface area contributed by atoms with E-state index in [0.717, 1.165) is 17.1 Å². The van der Waals surface area contributed by atoms with Crippen LogP contribution in [0.4, 0.5) is 30.6 Å². The fourth-order valence-corrected chi connectivity index (χ4v) is 2.03. The number of nitrogens with one attached hydrogen (secondary N) is 3. The monoisotopic (exact) mass is 308 g/mol. The molecule has 6 nitrogen and oxygen atoms in total. The molecule has 0 fully saturated rings. The predicted molar refractivity (Wildman–Crippen MR) is 76.0 cm³/mol. The molecule has 0 unspecified atom stereocenters. The lowest BCUT2D eigenvalue weighted by molar-refractivity contribution is -0.137. The summed E-state index contributed by atoms with van der Waals surface area (Å²) in [5.41, 5.74) is 0.425. The molecule has 3 N–H and O–H groups in total. The molecule has 0 amide bonds. The number of nitrogens with zero attached hydrogens (tertiary/aromatic N) is 3. The van der Waals surface area contributed by atoms with Crippen molar-refractivity contribution in [1.29, 1.82) is 0 Å². The van der Waals surface area contributed by atoms with Crippen LogP contribution in [-0.2, 0) is 6.18 Å². The summed E-state index contributed by atoms with van der Waals surface area (Å²) in [6.07, 6.45) is -2.12.